The molecule has 1 heterocycles. The molecule has 1 fully saturated rings. The Kier molecular flexibility index (Phi) is 3.92. The van der Waals surface area contributed by atoms with E-state index in [9.17, 15) is 4.79 Å². The van der Waals surface area contributed by atoms with Crippen LogP contribution in [0.15, 0.2) is 29.4 Å². The fourth-order valence-electron chi connectivity index (χ4n) is 1.86. The van der Waals surface area contributed by atoms with E-state index in [-0.39, 0.29) is 11.2 Å². The first-order chi connectivity index (χ1) is 10.1. The summed E-state index contributed by atoms with van der Waals surface area (Å²) in [4.78, 5) is 12.0. The fourth-order valence-corrected chi connectivity index (χ4v) is 2.67. The summed E-state index contributed by atoms with van der Waals surface area (Å²) in [5.41, 5.74) is 2.07. The van der Waals surface area contributed by atoms with Gasteiger partial charge in [0.15, 0.2) is 0 Å². The van der Waals surface area contributed by atoms with Gasteiger partial charge < -0.3 is 5.32 Å². The number of aryl methyl sites for hydroxylation is 1. The summed E-state index contributed by atoms with van der Waals surface area (Å²) in [7, 11) is 0. The largest absolute Gasteiger partial charge is 0.352 e. The minimum atomic E-state index is -0.221. The predicted molar refractivity (Wildman–Crippen MR) is 80.4 cm³/mol. The van der Waals surface area contributed by atoms with E-state index in [1.807, 2.05) is 38.1 Å². The first-order valence-corrected chi connectivity index (χ1v) is 7.84. The Morgan fingerprint density at radius 3 is 2.76 bits per heavy atom. The van der Waals surface area contributed by atoms with Crippen LogP contribution in [0.2, 0.25) is 0 Å². The van der Waals surface area contributed by atoms with Crippen molar-refractivity contribution in [1.82, 2.24) is 25.5 Å². The van der Waals surface area contributed by atoms with Crippen molar-refractivity contribution in [1.29, 1.82) is 0 Å². The molecular weight excluding hydrogens is 286 g/mol. The fraction of sp³-hybridized carbons (Fsp3) is 0.429. The summed E-state index contributed by atoms with van der Waals surface area (Å²) in [6.07, 6.45) is 2.18. The van der Waals surface area contributed by atoms with E-state index in [0.717, 1.165) is 18.5 Å². The van der Waals surface area contributed by atoms with Gasteiger partial charge in [-0.05, 0) is 49.2 Å². The van der Waals surface area contributed by atoms with E-state index in [1.165, 1.54) is 17.3 Å². The minimum Gasteiger partial charge on any atom is -0.352 e. The molecule has 7 heteroatoms. The molecule has 0 unspecified atom stereocenters. The molecule has 1 saturated carbocycles. The molecule has 1 aromatic heterocycles. The Labute approximate surface area is 127 Å². The lowest BCUT2D eigenvalue weighted by atomic mass is 10.2. The highest BCUT2D eigenvalue weighted by Gasteiger charge is 2.27. The number of amides is 1. The molecule has 3 rings (SSSR count). The second-order valence-corrected chi connectivity index (χ2v) is 6.56. The smallest absolute Gasteiger partial charge is 0.233 e. The van der Waals surface area contributed by atoms with Gasteiger partial charge in [0.1, 0.15) is 0 Å². The maximum Gasteiger partial charge on any atom is 0.233 e. The number of carbonyl (C=O) groups excluding carboxylic acids is 1. The summed E-state index contributed by atoms with van der Waals surface area (Å²) in [6.45, 7) is 3.90. The number of thioether (sulfide) groups is 1. The lowest BCUT2D eigenvalue weighted by Gasteiger charge is -2.11. The van der Waals surface area contributed by atoms with Crippen LogP contribution in [-0.2, 0) is 4.79 Å². The first-order valence-electron chi connectivity index (χ1n) is 6.96. The van der Waals surface area contributed by atoms with Crippen LogP contribution in [0.3, 0.4) is 0 Å². The number of hydrogen-bond acceptors (Lipinski definition) is 5. The van der Waals surface area contributed by atoms with Crippen LogP contribution in [0.25, 0.3) is 5.69 Å². The Balaban J connectivity index is 1.72. The molecule has 0 aliphatic heterocycles. The zero-order valence-corrected chi connectivity index (χ0v) is 12.8. The molecule has 21 heavy (non-hydrogen) atoms. The van der Waals surface area contributed by atoms with Crippen molar-refractivity contribution in [3.8, 4) is 5.69 Å². The zero-order valence-electron chi connectivity index (χ0n) is 12.0. The van der Waals surface area contributed by atoms with Crippen LogP contribution in [0, 0.1) is 6.92 Å². The summed E-state index contributed by atoms with van der Waals surface area (Å²) in [5, 5.41) is 15.1. The Morgan fingerprint density at radius 2 is 2.10 bits per heavy atom. The van der Waals surface area contributed by atoms with Crippen molar-refractivity contribution in [2.45, 2.75) is 43.1 Å². The Bertz CT molecular complexity index is 635. The van der Waals surface area contributed by atoms with Gasteiger partial charge in [0.2, 0.25) is 11.1 Å². The van der Waals surface area contributed by atoms with Gasteiger partial charge in [-0.15, -0.1) is 5.10 Å². The lowest BCUT2D eigenvalue weighted by Crippen LogP contribution is -2.32. The summed E-state index contributed by atoms with van der Waals surface area (Å²) >= 11 is 1.37. The SMILES string of the molecule is Cc1ccc(-n2nnnc2S[C@@H](C)C(=O)NC2CC2)cc1. The highest BCUT2D eigenvalue weighted by molar-refractivity contribution is 8.00. The van der Waals surface area contributed by atoms with Crippen molar-refractivity contribution in [2.75, 3.05) is 0 Å². The van der Waals surface area contributed by atoms with Gasteiger partial charge in [0, 0.05) is 6.04 Å². The molecule has 110 valence electrons. The molecule has 1 atom stereocenters. The van der Waals surface area contributed by atoms with Gasteiger partial charge in [-0.2, -0.15) is 4.68 Å². The van der Waals surface area contributed by atoms with Crippen LogP contribution in [0.4, 0.5) is 0 Å². The number of tetrazole rings is 1. The minimum absolute atomic E-state index is 0.0426. The standard InChI is InChI=1S/C14H17N5OS/c1-9-3-7-12(8-4-9)19-14(16-17-18-19)21-10(2)13(20)15-11-5-6-11/h3-4,7-8,10-11H,5-6H2,1-2H3,(H,15,20)/t10-/m0/s1. The highest BCUT2D eigenvalue weighted by Crippen LogP contribution is 2.25. The molecule has 1 N–H and O–H groups in total. The van der Waals surface area contributed by atoms with Gasteiger partial charge in [0.05, 0.1) is 10.9 Å². The molecule has 1 amide bonds. The third-order valence-corrected chi connectivity index (χ3v) is 4.33. The van der Waals surface area contributed by atoms with Gasteiger partial charge in [0.25, 0.3) is 0 Å². The molecular formula is C14H17N5OS. The van der Waals surface area contributed by atoms with E-state index in [0.29, 0.717) is 11.2 Å². The Morgan fingerprint density at radius 1 is 1.38 bits per heavy atom. The molecule has 1 aromatic carbocycles. The number of benzene rings is 1. The molecule has 1 aliphatic rings. The topological polar surface area (TPSA) is 72.7 Å². The van der Waals surface area contributed by atoms with E-state index in [4.69, 9.17) is 0 Å². The molecule has 0 spiro atoms. The highest BCUT2D eigenvalue weighted by atomic mass is 32.2. The molecule has 1 aliphatic carbocycles. The average Bonchev–Trinajstić information content (AvgIpc) is 3.16. The quantitative estimate of drug-likeness (QED) is 0.852. The van der Waals surface area contributed by atoms with E-state index < -0.39 is 0 Å². The van der Waals surface area contributed by atoms with Crippen LogP contribution in [-0.4, -0.2) is 37.4 Å². The normalized spacial score (nSPS) is 15.7. The van der Waals surface area contributed by atoms with Gasteiger partial charge in [-0.1, -0.05) is 29.5 Å². The number of hydrogen-bond donors (Lipinski definition) is 1. The second kappa shape index (κ2) is 5.85. The predicted octanol–water partition coefficient (Wildman–Crippen LogP) is 1.73. The summed E-state index contributed by atoms with van der Waals surface area (Å²) in [5.74, 6) is 0.0426. The van der Waals surface area contributed by atoms with E-state index in [1.54, 1.807) is 4.68 Å². The average molecular weight is 303 g/mol. The Hall–Kier alpha value is -1.89. The zero-order chi connectivity index (χ0) is 14.8. The maximum atomic E-state index is 12.0. The summed E-state index contributed by atoms with van der Waals surface area (Å²) < 4.78 is 1.66. The van der Waals surface area contributed by atoms with E-state index >= 15 is 0 Å². The van der Waals surface area contributed by atoms with Crippen molar-refractivity contribution in [2.24, 2.45) is 0 Å². The van der Waals surface area contributed by atoms with Crippen molar-refractivity contribution < 1.29 is 4.79 Å². The van der Waals surface area contributed by atoms with Crippen LogP contribution in [0.5, 0.6) is 0 Å². The van der Waals surface area contributed by atoms with Gasteiger partial charge in [-0.25, -0.2) is 0 Å². The first kappa shape index (κ1) is 14.1. The third-order valence-electron chi connectivity index (χ3n) is 3.29. The molecule has 6 nitrogen and oxygen atoms in total. The molecule has 0 saturated heterocycles. The van der Waals surface area contributed by atoms with Crippen LogP contribution >= 0.6 is 11.8 Å². The van der Waals surface area contributed by atoms with Crippen LogP contribution in [0.1, 0.15) is 25.3 Å². The number of aromatic nitrogens is 4. The van der Waals surface area contributed by atoms with E-state index in [2.05, 4.69) is 20.8 Å². The molecule has 0 radical (unpaired) electrons. The number of rotatable bonds is 5. The van der Waals surface area contributed by atoms with Crippen molar-refractivity contribution in [3.63, 3.8) is 0 Å². The number of nitrogens with zero attached hydrogens (tertiary/aromatic N) is 4. The molecule has 2 aromatic rings. The number of nitrogens with one attached hydrogen (secondary N) is 1. The second-order valence-electron chi connectivity index (χ2n) is 5.25. The van der Waals surface area contributed by atoms with Gasteiger partial charge >= 0.3 is 0 Å². The monoisotopic (exact) mass is 303 g/mol. The maximum absolute atomic E-state index is 12.0. The van der Waals surface area contributed by atoms with Gasteiger partial charge in [-0.3, -0.25) is 4.79 Å². The van der Waals surface area contributed by atoms with Crippen molar-refractivity contribution >= 4 is 17.7 Å². The summed E-state index contributed by atoms with van der Waals surface area (Å²) in [6, 6.07) is 8.31. The number of carbonyl (C=O) groups is 1. The molecule has 0 bridgehead atoms. The van der Waals surface area contributed by atoms with Crippen LogP contribution < -0.4 is 5.32 Å². The van der Waals surface area contributed by atoms with Crippen molar-refractivity contribution in [3.05, 3.63) is 29.8 Å². The third kappa shape index (κ3) is 3.41. The lowest BCUT2D eigenvalue weighted by molar-refractivity contribution is -0.120.